The van der Waals surface area contributed by atoms with Gasteiger partial charge in [-0.3, -0.25) is 4.79 Å². The maximum Gasteiger partial charge on any atom is 0.246 e. The van der Waals surface area contributed by atoms with Crippen LogP contribution in [-0.2, 0) is 4.79 Å². The lowest BCUT2D eigenvalue weighted by Gasteiger charge is -2.27. The highest BCUT2D eigenvalue weighted by Gasteiger charge is 2.29. The first-order valence-electron chi connectivity index (χ1n) is 9.14. The van der Waals surface area contributed by atoms with Gasteiger partial charge in [0.15, 0.2) is 11.5 Å². The summed E-state index contributed by atoms with van der Waals surface area (Å²) < 4.78 is 10.6. The van der Waals surface area contributed by atoms with E-state index < -0.39 is 0 Å². The fourth-order valence-electron chi connectivity index (χ4n) is 3.80. The van der Waals surface area contributed by atoms with Crippen molar-refractivity contribution in [2.45, 2.75) is 31.7 Å². The molecular weight excluding hydrogens is 316 g/mol. The van der Waals surface area contributed by atoms with E-state index in [2.05, 4.69) is 4.90 Å². The van der Waals surface area contributed by atoms with Gasteiger partial charge in [0.2, 0.25) is 5.91 Å². The lowest BCUT2D eigenvalue weighted by atomic mass is 10.1. The van der Waals surface area contributed by atoms with Crippen molar-refractivity contribution in [1.29, 1.82) is 0 Å². The van der Waals surface area contributed by atoms with Gasteiger partial charge in [-0.1, -0.05) is 6.07 Å². The molecule has 0 N–H and O–H groups in total. The molecule has 1 amide bonds. The Morgan fingerprint density at radius 3 is 2.60 bits per heavy atom. The summed E-state index contributed by atoms with van der Waals surface area (Å²) in [6.07, 6.45) is 8.35. The van der Waals surface area contributed by atoms with Crippen molar-refractivity contribution in [3.63, 3.8) is 0 Å². The summed E-state index contributed by atoms with van der Waals surface area (Å²) in [6, 6.07) is 6.03. The van der Waals surface area contributed by atoms with E-state index in [1.165, 1.54) is 25.9 Å². The third-order valence-corrected chi connectivity index (χ3v) is 5.15. The molecule has 5 nitrogen and oxygen atoms in total. The molecule has 0 saturated carbocycles. The minimum atomic E-state index is 0.108. The topological polar surface area (TPSA) is 42.0 Å². The Kier molecular flexibility index (Phi) is 5.97. The van der Waals surface area contributed by atoms with Gasteiger partial charge in [0.1, 0.15) is 0 Å². The van der Waals surface area contributed by atoms with E-state index in [1.807, 2.05) is 29.2 Å². The standard InChI is InChI=1S/C20H28N2O3/c1-24-18-9-7-16(14-19(18)25-2)8-10-20(23)22-13-5-6-17(22)15-21-11-3-4-12-21/h7-10,14,17H,3-6,11-13,15H2,1-2H3/b10-8+/t17-/m0/s1. The number of benzene rings is 1. The van der Waals surface area contributed by atoms with Gasteiger partial charge in [0, 0.05) is 25.2 Å². The molecule has 2 aliphatic rings. The Bertz CT molecular complexity index is 623. The monoisotopic (exact) mass is 344 g/mol. The fourth-order valence-corrected chi connectivity index (χ4v) is 3.80. The van der Waals surface area contributed by atoms with Crippen molar-refractivity contribution in [2.24, 2.45) is 0 Å². The van der Waals surface area contributed by atoms with Gasteiger partial charge in [-0.2, -0.15) is 0 Å². The van der Waals surface area contributed by atoms with Crippen LogP contribution in [-0.4, -0.2) is 62.1 Å². The van der Waals surface area contributed by atoms with Gasteiger partial charge in [-0.05, 0) is 62.5 Å². The molecule has 25 heavy (non-hydrogen) atoms. The number of rotatable bonds is 6. The average Bonchev–Trinajstić information content (AvgIpc) is 3.31. The summed E-state index contributed by atoms with van der Waals surface area (Å²) in [7, 11) is 3.23. The Morgan fingerprint density at radius 2 is 1.88 bits per heavy atom. The molecule has 2 aliphatic heterocycles. The third-order valence-electron chi connectivity index (χ3n) is 5.15. The zero-order valence-electron chi connectivity index (χ0n) is 15.2. The minimum absolute atomic E-state index is 0.108. The van der Waals surface area contributed by atoms with Crippen LogP contribution in [0.2, 0.25) is 0 Å². The number of nitrogens with zero attached hydrogens (tertiary/aromatic N) is 2. The van der Waals surface area contributed by atoms with Crippen LogP contribution in [0.15, 0.2) is 24.3 Å². The summed E-state index contributed by atoms with van der Waals surface area (Å²) in [6.45, 7) is 4.25. The highest BCUT2D eigenvalue weighted by Crippen LogP contribution is 2.28. The van der Waals surface area contributed by atoms with Crippen molar-refractivity contribution in [3.8, 4) is 11.5 Å². The second-order valence-electron chi connectivity index (χ2n) is 6.78. The van der Waals surface area contributed by atoms with Crippen LogP contribution in [0.3, 0.4) is 0 Å². The van der Waals surface area contributed by atoms with Crippen molar-refractivity contribution in [1.82, 2.24) is 9.80 Å². The van der Waals surface area contributed by atoms with Gasteiger partial charge in [-0.25, -0.2) is 0 Å². The summed E-state index contributed by atoms with van der Waals surface area (Å²) >= 11 is 0. The molecule has 2 saturated heterocycles. The molecule has 0 bridgehead atoms. The average molecular weight is 344 g/mol. The van der Waals surface area contributed by atoms with Crippen LogP contribution in [0.5, 0.6) is 11.5 Å². The molecule has 0 aromatic heterocycles. The molecule has 3 rings (SSSR count). The predicted molar refractivity (Wildman–Crippen MR) is 99.0 cm³/mol. The van der Waals surface area contributed by atoms with Gasteiger partial charge in [0.25, 0.3) is 0 Å². The summed E-state index contributed by atoms with van der Waals surface area (Å²) in [5, 5.41) is 0. The largest absolute Gasteiger partial charge is 0.493 e. The quantitative estimate of drug-likeness (QED) is 0.744. The van der Waals surface area contributed by atoms with Crippen LogP contribution < -0.4 is 9.47 Å². The Labute approximate surface area is 150 Å². The molecule has 1 aromatic rings. The second-order valence-corrected chi connectivity index (χ2v) is 6.78. The van der Waals surface area contributed by atoms with Crippen LogP contribution in [0, 0.1) is 0 Å². The summed E-state index contributed by atoms with van der Waals surface area (Å²) in [4.78, 5) is 17.2. The third kappa shape index (κ3) is 4.34. The lowest BCUT2D eigenvalue weighted by Crippen LogP contribution is -2.41. The summed E-state index contributed by atoms with van der Waals surface area (Å²) in [5.41, 5.74) is 0.932. The first kappa shape index (κ1) is 17.8. The Morgan fingerprint density at radius 1 is 1.12 bits per heavy atom. The molecule has 1 aromatic carbocycles. The Balaban J connectivity index is 1.63. The van der Waals surface area contributed by atoms with Gasteiger partial charge < -0.3 is 19.3 Å². The molecule has 2 fully saturated rings. The Hall–Kier alpha value is -2.01. The van der Waals surface area contributed by atoms with Crippen LogP contribution >= 0.6 is 0 Å². The van der Waals surface area contributed by atoms with E-state index in [1.54, 1.807) is 20.3 Å². The van der Waals surface area contributed by atoms with Gasteiger partial charge in [0.05, 0.1) is 14.2 Å². The number of amides is 1. The molecule has 1 atom stereocenters. The first-order chi connectivity index (χ1) is 12.2. The van der Waals surface area contributed by atoms with Gasteiger partial charge >= 0.3 is 0 Å². The van der Waals surface area contributed by atoms with Crippen molar-refractivity contribution >= 4 is 12.0 Å². The maximum atomic E-state index is 12.6. The summed E-state index contributed by atoms with van der Waals surface area (Å²) in [5.74, 6) is 1.47. The van der Waals surface area contributed by atoms with Crippen LogP contribution in [0.1, 0.15) is 31.2 Å². The van der Waals surface area contributed by atoms with E-state index in [4.69, 9.17) is 9.47 Å². The van der Waals surface area contributed by atoms with Crippen molar-refractivity contribution in [3.05, 3.63) is 29.8 Å². The number of methoxy groups -OCH3 is 2. The SMILES string of the molecule is COc1ccc(/C=C/C(=O)N2CCC[C@H]2CN2CCCC2)cc1OC. The fraction of sp³-hybridized carbons (Fsp3) is 0.550. The van der Waals surface area contributed by atoms with Crippen LogP contribution in [0.4, 0.5) is 0 Å². The number of likely N-dealkylation sites (tertiary alicyclic amines) is 2. The number of hydrogen-bond acceptors (Lipinski definition) is 4. The smallest absolute Gasteiger partial charge is 0.246 e. The van der Waals surface area contributed by atoms with E-state index in [-0.39, 0.29) is 5.91 Å². The minimum Gasteiger partial charge on any atom is -0.493 e. The molecule has 5 heteroatoms. The zero-order valence-corrected chi connectivity index (χ0v) is 15.2. The number of ether oxygens (including phenoxy) is 2. The van der Waals surface area contributed by atoms with E-state index in [9.17, 15) is 4.79 Å². The molecular formula is C20H28N2O3. The second kappa shape index (κ2) is 8.39. The molecule has 0 spiro atoms. The van der Waals surface area contributed by atoms with E-state index in [0.29, 0.717) is 17.5 Å². The molecule has 136 valence electrons. The number of hydrogen-bond donors (Lipinski definition) is 0. The lowest BCUT2D eigenvalue weighted by molar-refractivity contribution is -0.127. The highest BCUT2D eigenvalue weighted by atomic mass is 16.5. The van der Waals surface area contributed by atoms with E-state index >= 15 is 0 Å². The van der Waals surface area contributed by atoms with Crippen molar-refractivity contribution in [2.75, 3.05) is 40.4 Å². The molecule has 0 radical (unpaired) electrons. The molecule has 0 unspecified atom stereocenters. The predicted octanol–water partition coefficient (Wildman–Crippen LogP) is 2.80. The maximum absolute atomic E-state index is 12.6. The normalized spacial score (nSPS) is 21.2. The first-order valence-corrected chi connectivity index (χ1v) is 9.14. The van der Waals surface area contributed by atoms with Crippen molar-refractivity contribution < 1.29 is 14.3 Å². The molecule has 2 heterocycles. The number of carbonyl (C=O) groups is 1. The molecule has 0 aliphatic carbocycles. The van der Waals surface area contributed by atoms with Crippen LogP contribution in [0.25, 0.3) is 6.08 Å². The highest BCUT2D eigenvalue weighted by molar-refractivity contribution is 5.92. The zero-order chi connectivity index (χ0) is 17.6. The van der Waals surface area contributed by atoms with Gasteiger partial charge in [-0.15, -0.1) is 0 Å². The van der Waals surface area contributed by atoms with E-state index in [0.717, 1.165) is 31.5 Å². The number of carbonyl (C=O) groups excluding carboxylic acids is 1.